The van der Waals surface area contributed by atoms with Crippen molar-refractivity contribution in [3.05, 3.63) is 147 Å². The molecule has 0 N–H and O–H groups in total. The average Bonchev–Trinajstić information content (AvgIpc) is 3.70. The first-order valence-corrected chi connectivity index (χ1v) is 22.3. The van der Waals surface area contributed by atoms with Crippen LogP contribution in [0.15, 0.2) is 103 Å². The Labute approximate surface area is 366 Å². The van der Waals surface area contributed by atoms with Gasteiger partial charge in [-0.2, -0.15) is 0 Å². The summed E-state index contributed by atoms with van der Waals surface area (Å²) < 4.78 is 14.8. The van der Waals surface area contributed by atoms with Crippen molar-refractivity contribution in [3.8, 4) is 28.7 Å². The fourth-order valence-electron chi connectivity index (χ4n) is 9.43. The number of ether oxygens (including phenoxy) is 1. The van der Waals surface area contributed by atoms with Crippen LogP contribution >= 0.6 is 0 Å². The van der Waals surface area contributed by atoms with Gasteiger partial charge < -0.3 is 0 Å². The predicted molar refractivity (Wildman–Crippen MR) is 244 cm³/mol. The molecule has 0 atom stereocenters. The van der Waals surface area contributed by atoms with E-state index in [9.17, 15) is 0 Å². The zero-order valence-corrected chi connectivity index (χ0v) is 39.6. The van der Waals surface area contributed by atoms with Gasteiger partial charge in [-0.1, -0.05) is 68.4 Å². The summed E-state index contributed by atoms with van der Waals surface area (Å²) in [5, 5.41) is 2.33. The van der Waals surface area contributed by atoms with Gasteiger partial charge in [0.1, 0.15) is 0 Å². The standard InChI is InChI=1S/C54H56N4O.Pt/c1-34-17-20-37(21-18-34)56-33-57(44-26-19-35(29-46(44)56)50(2,3)4)38-15-14-16-39(31-38)59-40-22-23-41-42-24-25-43-48(53(10,11)54(12,13)52(43,8)9)49(42)58(45(41)32-40)47-30-36(27-28-55-47)51(5,6)7;/h14-30H,1-13H3;/q-2;. The van der Waals surface area contributed by atoms with Crippen molar-refractivity contribution < 1.29 is 24.1 Å². The van der Waals surface area contributed by atoms with Gasteiger partial charge in [0.05, 0.1) is 0 Å². The van der Waals surface area contributed by atoms with Crippen LogP contribution in [0, 0.1) is 28.3 Å². The molecule has 0 radical (unpaired) electrons. The normalized spacial score (nSPS) is 15.9. The SMILES string of the molecule is Cc1ccc(-n2[c](=[Pt])n(-c3[c-]c(Oc4[c-]c5c(cc4)c4ccc6c(c4n5-c4cc(C(C)(C)C)ccn4)C(C)(C)C(C)(C)C6(C)C)ccc3)c3ccc(C(C)(C)C)cc32)cc1. The molecule has 60 heavy (non-hydrogen) atoms. The molecule has 0 unspecified atom stereocenters. The van der Waals surface area contributed by atoms with Gasteiger partial charge in [0.25, 0.3) is 0 Å². The summed E-state index contributed by atoms with van der Waals surface area (Å²) in [6, 6.07) is 42.5. The molecule has 0 fully saturated rings. The first-order valence-electron chi connectivity index (χ1n) is 21.1. The molecule has 0 saturated heterocycles. The maximum atomic E-state index is 6.77. The number of imidazole rings is 1. The molecule has 0 amide bonds. The fraction of sp³-hybridized carbons (Fsp3) is 0.333. The van der Waals surface area contributed by atoms with Crippen LogP contribution in [0.2, 0.25) is 0 Å². The average molecular weight is 972 g/mol. The number of fused-ring (bicyclic) bond motifs is 6. The van der Waals surface area contributed by atoms with Crippen LogP contribution in [0.25, 0.3) is 50.0 Å². The van der Waals surface area contributed by atoms with Gasteiger partial charge >= 0.3 is 255 Å². The Morgan fingerprint density at radius 2 is 1.30 bits per heavy atom. The minimum absolute atomic E-state index is 0.00505. The van der Waals surface area contributed by atoms with E-state index >= 15 is 0 Å². The van der Waals surface area contributed by atoms with Gasteiger partial charge in [-0.25, -0.2) is 0 Å². The molecular weight excluding hydrogens is 916 g/mol. The molecule has 1 aliphatic carbocycles. The summed E-state index contributed by atoms with van der Waals surface area (Å²) >= 11 is 2.46. The van der Waals surface area contributed by atoms with Crippen molar-refractivity contribution in [2.45, 2.75) is 112 Å². The third kappa shape index (κ3) is 6.05. The Bertz CT molecular complexity index is 3080. The van der Waals surface area contributed by atoms with E-state index < -0.39 is 0 Å². The fourth-order valence-corrected chi connectivity index (χ4v) is 10.5. The van der Waals surface area contributed by atoms with Crippen LogP contribution in [-0.2, 0) is 41.0 Å². The van der Waals surface area contributed by atoms with Crippen molar-refractivity contribution in [1.29, 1.82) is 0 Å². The Balaban J connectivity index is 1.22. The third-order valence-electron chi connectivity index (χ3n) is 14.2. The van der Waals surface area contributed by atoms with E-state index in [0.717, 1.165) is 42.9 Å². The van der Waals surface area contributed by atoms with E-state index in [1.165, 1.54) is 38.7 Å². The van der Waals surface area contributed by atoms with Gasteiger partial charge in [-0.15, -0.1) is 0 Å². The second-order valence-corrected chi connectivity index (χ2v) is 21.6. The summed E-state index contributed by atoms with van der Waals surface area (Å²) in [4.78, 5) is 5.07. The first-order chi connectivity index (χ1) is 28.1. The molecule has 5 nitrogen and oxygen atoms in total. The Morgan fingerprint density at radius 1 is 0.633 bits per heavy atom. The van der Waals surface area contributed by atoms with Crippen LogP contribution < -0.4 is 4.74 Å². The van der Waals surface area contributed by atoms with Gasteiger partial charge in [0.15, 0.2) is 0 Å². The maximum absolute atomic E-state index is 6.77. The van der Waals surface area contributed by atoms with Crippen molar-refractivity contribution in [1.82, 2.24) is 18.7 Å². The second-order valence-electron chi connectivity index (χ2n) is 20.5. The molecule has 0 spiro atoms. The van der Waals surface area contributed by atoms with Crippen LogP contribution in [0.4, 0.5) is 0 Å². The van der Waals surface area contributed by atoms with Gasteiger partial charge in [-0.05, 0) is 38.9 Å². The van der Waals surface area contributed by atoms with E-state index in [2.05, 4.69) is 220 Å². The van der Waals surface area contributed by atoms with E-state index in [1.54, 1.807) is 0 Å². The van der Waals surface area contributed by atoms with Crippen molar-refractivity contribution >= 4 is 32.8 Å². The zero-order chi connectivity index (χ0) is 42.9. The van der Waals surface area contributed by atoms with Crippen molar-refractivity contribution in [2.75, 3.05) is 0 Å². The van der Waals surface area contributed by atoms with E-state index in [-0.39, 0.29) is 27.1 Å². The number of aromatic nitrogens is 4. The number of benzene rings is 5. The molecule has 0 saturated carbocycles. The third-order valence-corrected chi connectivity index (χ3v) is 15.3. The quantitative estimate of drug-likeness (QED) is 0.161. The van der Waals surface area contributed by atoms with Crippen molar-refractivity contribution in [2.24, 2.45) is 5.41 Å². The zero-order valence-electron chi connectivity index (χ0n) is 37.3. The molecule has 8 aromatic rings. The summed E-state index contributed by atoms with van der Waals surface area (Å²) in [5.74, 6) is 2.14. The summed E-state index contributed by atoms with van der Waals surface area (Å²) in [5.41, 5.74) is 12.8. The Hall–Kier alpha value is -4.99. The Kier molecular flexibility index (Phi) is 9.10. The summed E-state index contributed by atoms with van der Waals surface area (Å²) in [6.45, 7) is 30.2. The summed E-state index contributed by atoms with van der Waals surface area (Å²) in [6.07, 6.45) is 1.95. The summed E-state index contributed by atoms with van der Waals surface area (Å²) in [7, 11) is 0. The monoisotopic (exact) mass is 971 g/mol. The van der Waals surface area contributed by atoms with Gasteiger partial charge in [0, 0.05) is 6.20 Å². The van der Waals surface area contributed by atoms with Crippen LogP contribution in [0.1, 0.15) is 111 Å². The molecule has 9 rings (SSSR count). The molecule has 6 heteroatoms. The molecular formula is C54H56N4OPt-2. The van der Waals surface area contributed by atoms with Crippen molar-refractivity contribution in [3.63, 3.8) is 0 Å². The number of hydrogen-bond donors (Lipinski definition) is 0. The van der Waals surface area contributed by atoms with Gasteiger partial charge in [-0.3, -0.25) is 0 Å². The number of rotatable bonds is 5. The topological polar surface area (TPSA) is 36.9 Å². The number of pyridine rings is 1. The number of nitrogens with zero attached hydrogens (tertiary/aromatic N) is 4. The second kappa shape index (κ2) is 13.5. The van der Waals surface area contributed by atoms with Crippen LogP contribution in [0.5, 0.6) is 11.5 Å². The molecule has 1 aliphatic rings. The Morgan fingerprint density at radius 3 is 2.00 bits per heavy atom. The molecule has 0 bridgehead atoms. The van der Waals surface area contributed by atoms with E-state index in [4.69, 9.17) is 9.72 Å². The van der Waals surface area contributed by atoms with E-state index in [1.807, 2.05) is 18.3 Å². The first kappa shape index (κ1) is 40.4. The van der Waals surface area contributed by atoms with Crippen LogP contribution in [0.3, 0.4) is 0 Å². The number of hydrogen-bond acceptors (Lipinski definition) is 2. The number of aryl methyl sites for hydroxylation is 1. The molecule has 0 aliphatic heterocycles. The molecule has 3 heterocycles. The molecule has 5 aromatic carbocycles. The molecule has 310 valence electrons. The van der Waals surface area contributed by atoms with Gasteiger partial charge in [0.2, 0.25) is 0 Å². The molecule has 3 aromatic heterocycles. The minimum atomic E-state index is -0.125. The van der Waals surface area contributed by atoms with E-state index in [0.29, 0.717) is 11.5 Å². The van der Waals surface area contributed by atoms with Crippen LogP contribution in [-0.4, -0.2) is 18.7 Å². The predicted octanol–water partition coefficient (Wildman–Crippen LogP) is 13.9.